The third kappa shape index (κ3) is 4.06. The maximum atomic E-state index is 14.1. The minimum atomic E-state index is -0.639. The van der Waals surface area contributed by atoms with Crippen LogP contribution >= 0.6 is 0 Å². The molecule has 1 aliphatic carbocycles. The van der Waals surface area contributed by atoms with Gasteiger partial charge in [0.25, 0.3) is 5.91 Å². The summed E-state index contributed by atoms with van der Waals surface area (Å²) in [5.74, 6) is -1.29. The first-order valence-electron chi connectivity index (χ1n) is 9.63. The van der Waals surface area contributed by atoms with E-state index in [0.717, 1.165) is 37.4 Å². The third-order valence-electron chi connectivity index (χ3n) is 5.32. The summed E-state index contributed by atoms with van der Waals surface area (Å²) in [6, 6.07) is 10.8. The number of carbonyl (C=O) groups excluding carboxylic acids is 2. The van der Waals surface area contributed by atoms with Gasteiger partial charge in [-0.3, -0.25) is 9.59 Å². The lowest BCUT2D eigenvalue weighted by Crippen LogP contribution is -2.33. The third-order valence-corrected chi connectivity index (χ3v) is 5.32. The Balaban J connectivity index is 1.52. The maximum Gasteiger partial charge on any atom is 0.254 e. The van der Waals surface area contributed by atoms with Gasteiger partial charge >= 0.3 is 0 Å². The summed E-state index contributed by atoms with van der Waals surface area (Å²) in [5, 5.41) is 0. The van der Waals surface area contributed by atoms with Gasteiger partial charge in [-0.15, -0.1) is 0 Å². The van der Waals surface area contributed by atoms with E-state index in [-0.39, 0.29) is 24.4 Å². The maximum absolute atomic E-state index is 14.1. The molecule has 2 fully saturated rings. The van der Waals surface area contributed by atoms with E-state index in [1.165, 1.54) is 12.1 Å². The summed E-state index contributed by atoms with van der Waals surface area (Å²) in [5.41, 5.74) is 1.74. The predicted octanol–water partition coefficient (Wildman–Crippen LogP) is 3.89. The monoisotopic (exact) mass is 384 g/mol. The van der Waals surface area contributed by atoms with E-state index in [0.29, 0.717) is 24.1 Å². The number of nitrogens with zero attached hydrogens (tertiary/aromatic N) is 2. The van der Waals surface area contributed by atoms with Crippen molar-refractivity contribution in [1.82, 2.24) is 9.80 Å². The molecule has 2 amide bonds. The Kier molecular flexibility index (Phi) is 5.11. The summed E-state index contributed by atoms with van der Waals surface area (Å²) in [6.45, 7) is 1.36. The van der Waals surface area contributed by atoms with Crippen LogP contribution in [0.1, 0.15) is 47.2 Å². The molecule has 2 aliphatic rings. The van der Waals surface area contributed by atoms with Crippen LogP contribution in [0.5, 0.6) is 0 Å². The zero-order valence-electron chi connectivity index (χ0n) is 15.5. The Hall–Kier alpha value is -2.76. The molecule has 6 heteroatoms. The van der Waals surface area contributed by atoms with Gasteiger partial charge in [-0.1, -0.05) is 18.2 Å². The fourth-order valence-corrected chi connectivity index (χ4v) is 3.65. The second-order valence-corrected chi connectivity index (χ2v) is 7.52. The van der Waals surface area contributed by atoms with E-state index in [1.807, 2.05) is 18.2 Å². The molecule has 1 heterocycles. The highest BCUT2D eigenvalue weighted by molar-refractivity contribution is 5.94. The summed E-state index contributed by atoms with van der Waals surface area (Å²) in [7, 11) is 0. The lowest BCUT2D eigenvalue weighted by Gasteiger charge is -2.23. The second kappa shape index (κ2) is 7.70. The molecule has 0 aromatic heterocycles. The molecule has 0 unspecified atom stereocenters. The highest BCUT2D eigenvalue weighted by Gasteiger charge is 2.33. The van der Waals surface area contributed by atoms with Crippen molar-refractivity contribution in [3.05, 3.63) is 70.8 Å². The fraction of sp³-hybridized carbons (Fsp3) is 0.364. The molecule has 4 nitrogen and oxygen atoms in total. The Bertz CT molecular complexity index is 911. The molecular weight excluding hydrogens is 362 g/mol. The molecule has 1 saturated carbocycles. The Morgan fingerprint density at radius 3 is 2.64 bits per heavy atom. The van der Waals surface area contributed by atoms with Gasteiger partial charge in [-0.2, -0.15) is 0 Å². The van der Waals surface area contributed by atoms with Gasteiger partial charge in [0.2, 0.25) is 5.91 Å². The number of hydrogen-bond donors (Lipinski definition) is 0. The zero-order chi connectivity index (χ0) is 19.7. The first-order valence-corrected chi connectivity index (χ1v) is 9.63. The topological polar surface area (TPSA) is 40.6 Å². The van der Waals surface area contributed by atoms with Gasteiger partial charge in [0.1, 0.15) is 11.6 Å². The Labute approximate surface area is 162 Å². The van der Waals surface area contributed by atoms with E-state index < -0.39 is 11.6 Å². The largest absolute Gasteiger partial charge is 0.338 e. The van der Waals surface area contributed by atoms with E-state index in [9.17, 15) is 18.4 Å². The van der Waals surface area contributed by atoms with Crippen molar-refractivity contribution in [1.29, 1.82) is 0 Å². The van der Waals surface area contributed by atoms with E-state index in [1.54, 1.807) is 15.9 Å². The van der Waals surface area contributed by atoms with E-state index >= 15 is 0 Å². The summed E-state index contributed by atoms with van der Waals surface area (Å²) >= 11 is 0. The van der Waals surface area contributed by atoms with Crippen LogP contribution in [0.4, 0.5) is 8.78 Å². The molecule has 0 spiro atoms. The first-order chi connectivity index (χ1) is 13.5. The van der Waals surface area contributed by atoms with Crippen molar-refractivity contribution in [3.63, 3.8) is 0 Å². The lowest BCUT2D eigenvalue weighted by molar-refractivity contribution is -0.128. The van der Waals surface area contributed by atoms with E-state index in [4.69, 9.17) is 0 Å². The fourth-order valence-electron chi connectivity index (χ4n) is 3.65. The quantitative estimate of drug-likeness (QED) is 0.758. The van der Waals surface area contributed by atoms with Crippen molar-refractivity contribution in [2.24, 2.45) is 0 Å². The number of carbonyl (C=O) groups is 2. The minimum absolute atomic E-state index is 0.0840. The van der Waals surface area contributed by atoms with Crippen LogP contribution in [0, 0.1) is 11.6 Å². The number of benzene rings is 2. The van der Waals surface area contributed by atoms with Gasteiger partial charge in [0, 0.05) is 49.3 Å². The standard InChI is InChI=1S/C22H22F2N2O2/c23-18-7-6-17(20(24)12-18)14-26(19-8-9-19)22(28)16-4-1-3-15(11-16)13-25-10-2-5-21(25)27/h1,3-4,6-7,11-12,19H,2,5,8-10,13-14H2. The number of rotatable bonds is 6. The smallest absolute Gasteiger partial charge is 0.254 e. The predicted molar refractivity (Wildman–Crippen MR) is 100 cm³/mol. The lowest BCUT2D eigenvalue weighted by atomic mass is 10.1. The van der Waals surface area contributed by atoms with Gasteiger partial charge < -0.3 is 9.80 Å². The van der Waals surface area contributed by atoms with Crippen LogP contribution in [0.15, 0.2) is 42.5 Å². The molecular formula is C22H22F2N2O2. The number of likely N-dealkylation sites (tertiary alicyclic amines) is 1. The summed E-state index contributed by atoms with van der Waals surface area (Å²) in [4.78, 5) is 28.4. The molecule has 1 aliphatic heterocycles. The molecule has 0 N–H and O–H groups in total. The summed E-state index contributed by atoms with van der Waals surface area (Å²) < 4.78 is 27.2. The Morgan fingerprint density at radius 2 is 1.96 bits per heavy atom. The molecule has 0 atom stereocenters. The molecule has 0 bridgehead atoms. The van der Waals surface area contributed by atoms with Crippen molar-refractivity contribution >= 4 is 11.8 Å². The molecule has 146 valence electrons. The molecule has 1 saturated heterocycles. The molecule has 28 heavy (non-hydrogen) atoms. The first kappa shape index (κ1) is 18.6. The van der Waals surface area contributed by atoms with Gasteiger partial charge in [-0.05, 0) is 43.0 Å². The van der Waals surface area contributed by atoms with Crippen molar-refractivity contribution < 1.29 is 18.4 Å². The van der Waals surface area contributed by atoms with Gasteiger partial charge in [0.05, 0.1) is 0 Å². The zero-order valence-corrected chi connectivity index (χ0v) is 15.5. The molecule has 2 aromatic carbocycles. The number of hydrogen-bond acceptors (Lipinski definition) is 2. The molecule has 0 radical (unpaired) electrons. The molecule has 4 rings (SSSR count). The highest BCUT2D eigenvalue weighted by atomic mass is 19.1. The van der Waals surface area contributed by atoms with Crippen LogP contribution in [0.25, 0.3) is 0 Å². The van der Waals surface area contributed by atoms with Crippen LogP contribution in [0.2, 0.25) is 0 Å². The van der Waals surface area contributed by atoms with Crippen molar-refractivity contribution in [2.45, 2.75) is 44.8 Å². The van der Waals surface area contributed by atoms with E-state index in [2.05, 4.69) is 0 Å². The normalized spacial score (nSPS) is 16.5. The van der Waals surface area contributed by atoms with Crippen LogP contribution in [0.3, 0.4) is 0 Å². The van der Waals surface area contributed by atoms with Crippen LogP contribution in [-0.2, 0) is 17.9 Å². The second-order valence-electron chi connectivity index (χ2n) is 7.52. The van der Waals surface area contributed by atoms with Gasteiger partial charge in [-0.25, -0.2) is 8.78 Å². The average Bonchev–Trinajstić information content (AvgIpc) is 3.44. The average molecular weight is 384 g/mol. The number of halogens is 2. The Morgan fingerprint density at radius 1 is 1.14 bits per heavy atom. The van der Waals surface area contributed by atoms with Crippen molar-refractivity contribution in [2.75, 3.05) is 6.54 Å². The molecule has 2 aromatic rings. The van der Waals surface area contributed by atoms with Crippen molar-refractivity contribution in [3.8, 4) is 0 Å². The SMILES string of the molecule is O=C1CCCN1Cc1cccc(C(=O)N(Cc2ccc(F)cc2F)C2CC2)c1. The highest BCUT2D eigenvalue weighted by Crippen LogP contribution is 2.30. The van der Waals surface area contributed by atoms with Crippen LogP contribution in [-0.4, -0.2) is 34.2 Å². The number of amides is 2. The van der Waals surface area contributed by atoms with Gasteiger partial charge in [0.15, 0.2) is 0 Å². The summed E-state index contributed by atoms with van der Waals surface area (Å²) in [6.07, 6.45) is 3.22. The van der Waals surface area contributed by atoms with Crippen LogP contribution < -0.4 is 0 Å². The minimum Gasteiger partial charge on any atom is -0.338 e.